The van der Waals surface area contributed by atoms with Crippen LogP contribution in [0.25, 0.3) is 10.9 Å². The van der Waals surface area contributed by atoms with E-state index in [-0.39, 0.29) is 12.5 Å². The summed E-state index contributed by atoms with van der Waals surface area (Å²) in [4.78, 5) is 12.5. The van der Waals surface area contributed by atoms with E-state index in [1.807, 2.05) is 6.07 Å². The van der Waals surface area contributed by atoms with E-state index in [9.17, 15) is 9.90 Å². The molecule has 0 unspecified atom stereocenters. The van der Waals surface area contributed by atoms with E-state index in [0.717, 1.165) is 10.9 Å². The number of rotatable bonds is 4. The first-order valence-corrected chi connectivity index (χ1v) is 7.16. The van der Waals surface area contributed by atoms with Crippen LogP contribution in [0.5, 0.6) is 0 Å². The van der Waals surface area contributed by atoms with Crippen LogP contribution in [0.4, 0.5) is 0 Å². The van der Waals surface area contributed by atoms with Gasteiger partial charge in [0.1, 0.15) is 0 Å². The molecule has 0 aliphatic carbocycles. The van der Waals surface area contributed by atoms with Crippen LogP contribution < -0.4 is 5.32 Å². The first-order valence-electron chi connectivity index (χ1n) is 6.78. The molecule has 1 heterocycles. The first-order chi connectivity index (χ1) is 10.7. The number of fused-ring (bicyclic) bond motifs is 1. The van der Waals surface area contributed by atoms with E-state index in [1.54, 1.807) is 42.6 Å². The number of para-hydroxylation sites is 1. The van der Waals surface area contributed by atoms with Crippen LogP contribution in [-0.4, -0.2) is 27.8 Å². The second-order valence-corrected chi connectivity index (χ2v) is 5.34. The minimum Gasteiger partial charge on any atom is -0.394 e. The van der Waals surface area contributed by atoms with E-state index in [2.05, 4.69) is 15.5 Å². The molecule has 3 rings (SSSR count). The van der Waals surface area contributed by atoms with E-state index in [4.69, 9.17) is 11.6 Å². The van der Waals surface area contributed by atoms with Crippen LogP contribution in [0.15, 0.2) is 48.7 Å². The van der Waals surface area contributed by atoms with Crippen LogP contribution in [-0.2, 0) is 0 Å². The van der Waals surface area contributed by atoms with Gasteiger partial charge in [-0.3, -0.25) is 9.89 Å². The van der Waals surface area contributed by atoms with Crippen molar-refractivity contribution in [3.63, 3.8) is 0 Å². The fourth-order valence-corrected chi connectivity index (χ4v) is 2.45. The molecule has 0 radical (unpaired) electrons. The Morgan fingerprint density at radius 1 is 1.27 bits per heavy atom. The van der Waals surface area contributed by atoms with Crippen molar-refractivity contribution in [2.45, 2.75) is 6.04 Å². The molecule has 0 aliphatic rings. The Morgan fingerprint density at radius 2 is 2.05 bits per heavy atom. The fraction of sp³-hybridized carbons (Fsp3) is 0.125. The topological polar surface area (TPSA) is 78.0 Å². The van der Waals surface area contributed by atoms with Gasteiger partial charge in [0.05, 0.1) is 29.9 Å². The maximum absolute atomic E-state index is 12.5. The predicted octanol–water partition coefficient (Wildman–Crippen LogP) is 2.68. The van der Waals surface area contributed by atoms with Gasteiger partial charge in [-0.25, -0.2) is 0 Å². The van der Waals surface area contributed by atoms with Gasteiger partial charge in [-0.15, -0.1) is 0 Å². The Balaban J connectivity index is 1.86. The van der Waals surface area contributed by atoms with Gasteiger partial charge in [-0.2, -0.15) is 5.10 Å². The number of H-pyrrole nitrogens is 1. The molecular weight excluding hydrogens is 302 g/mol. The van der Waals surface area contributed by atoms with Gasteiger partial charge in [0.2, 0.25) is 0 Å². The van der Waals surface area contributed by atoms with E-state index >= 15 is 0 Å². The average Bonchev–Trinajstić information content (AvgIpc) is 3.01. The molecule has 0 saturated heterocycles. The van der Waals surface area contributed by atoms with Crippen molar-refractivity contribution < 1.29 is 9.90 Å². The second-order valence-electron chi connectivity index (χ2n) is 4.90. The third-order valence-corrected chi connectivity index (χ3v) is 3.73. The zero-order valence-electron chi connectivity index (χ0n) is 11.6. The number of halogens is 1. The highest BCUT2D eigenvalue weighted by Gasteiger charge is 2.17. The number of hydrogen-bond acceptors (Lipinski definition) is 3. The lowest BCUT2D eigenvalue weighted by Gasteiger charge is -2.17. The van der Waals surface area contributed by atoms with Crippen LogP contribution in [0.2, 0.25) is 5.02 Å². The molecule has 5 nitrogen and oxygen atoms in total. The molecule has 0 saturated carbocycles. The lowest BCUT2D eigenvalue weighted by Crippen LogP contribution is -2.30. The number of carbonyl (C=O) groups excluding carboxylic acids is 1. The Bertz CT molecular complexity index is 799. The molecule has 6 heteroatoms. The SMILES string of the molecule is O=C(N[C@@H](CO)c1ccc(Cl)cc1)c1cccc2cn[nH]c12. The third-order valence-electron chi connectivity index (χ3n) is 3.48. The van der Waals surface area contributed by atoms with Gasteiger partial charge in [0.15, 0.2) is 0 Å². The zero-order chi connectivity index (χ0) is 15.5. The Hall–Kier alpha value is -2.37. The number of aromatic amines is 1. The number of amides is 1. The van der Waals surface area contributed by atoms with Crippen LogP contribution in [0.1, 0.15) is 22.0 Å². The predicted molar refractivity (Wildman–Crippen MR) is 84.8 cm³/mol. The Kier molecular flexibility index (Phi) is 4.09. The molecule has 1 aromatic heterocycles. The maximum Gasteiger partial charge on any atom is 0.254 e. The summed E-state index contributed by atoms with van der Waals surface area (Å²) >= 11 is 5.85. The van der Waals surface area contributed by atoms with Crippen LogP contribution >= 0.6 is 11.6 Å². The second kappa shape index (κ2) is 6.17. The smallest absolute Gasteiger partial charge is 0.254 e. The van der Waals surface area contributed by atoms with Crippen molar-refractivity contribution in [2.24, 2.45) is 0 Å². The average molecular weight is 316 g/mol. The van der Waals surface area contributed by atoms with Gasteiger partial charge in [0.25, 0.3) is 5.91 Å². The normalized spacial score (nSPS) is 12.3. The molecule has 0 aliphatic heterocycles. The first kappa shape index (κ1) is 14.6. The van der Waals surface area contributed by atoms with Crippen molar-refractivity contribution >= 4 is 28.4 Å². The minimum absolute atomic E-state index is 0.202. The summed E-state index contributed by atoms with van der Waals surface area (Å²) in [5, 5.41) is 20.6. The van der Waals surface area contributed by atoms with E-state index in [1.165, 1.54) is 0 Å². The highest BCUT2D eigenvalue weighted by atomic mass is 35.5. The van der Waals surface area contributed by atoms with Gasteiger partial charge in [-0.05, 0) is 23.8 Å². The monoisotopic (exact) mass is 315 g/mol. The molecule has 112 valence electrons. The van der Waals surface area contributed by atoms with E-state index in [0.29, 0.717) is 16.1 Å². The third kappa shape index (κ3) is 2.81. The number of aliphatic hydroxyl groups excluding tert-OH is 1. The van der Waals surface area contributed by atoms with Gasteiger partial charge in [-0.1, -0.05) is 35.9 Å². The van der Waals surface area contributed by atoms with Crippen molar-refractivity contribution in [1.82, 2.24) is 15.5 Å². The van der Waals surface area contributed by atoms with Crippen LogP contribution in [0.3, 0.4) is 0 Å². The number of aliphatic hydroxyl groups is 1. The molecule has 0 fully saturated rings. The van der Waals surface area contributed by atoms with Crippen LogP contribution in [0, 0.1) is 0 Å². The highest BCUT2D eigenvalue weighted by Crippen LogP contribution is 2.19. The van der Waals surface area contributed by atoms with Gasteiger partial charge in [0, 0.05) is 10.4 Å². The van der Waals surface area contributed by atoms with Crippen molar-refractivity contribution in [1.29, 1.82) is 0 Å². The molecule has 0 spiro atoms. The number of hydrogen-bond donors (Lipinski definition) is 3. The molecule has 1 amide bonds. The molecule has 0 bridgehead atoms. The number of aromatic nitrogens is 2. The number of benzene rings is 2. The quantitative estimate of drug-likeness (QED) is 0.692. The molecule has 3 N–H and O–H groups in total. The van der Waals surface area contributed by atoms with Crippen molar-refractivity contribution in [2.75, 3.05) is 6.61 Å². The largest absolute Gasteiger partial charge is 0.394 e. The molecule has 3 aromatic rings. The van der Waals surface area contributed by atoms with Gasteiger partial charge < -0.3 is 10.4 Å². The summed E-state index contributed by atoms with van der Waals surface area (Å²) in [6.07, 6.45) is 1.66. The summed E-state index contributed by atoms with van der Waals surface area (Å²) in [6, 6.07) is 11.9. The summed E-state index contributed by atoms with van der Waals surface area (Å²) in [7, 11) is 0. The van der Waals surface area contributed by atoms with Crippen molar-refractivity contribution in [3.05, 3.63) is 64.8 Å². The van der Waals surface area contributed by atoms with E-state index < -0.39 is 6.04 Å². The molecule has 1 atom stereocenters. The maximum atomic E-state index is 12.5. The van der Waals surface area contributed by atoms with Gasteiger partial charge >= 0.3 is 0 Å². The fourth-order valence-electron chi connectivity index (χ4n) is 2.32. The summed E-state index contributed by atoms with van der Waals surface area (Å²) in [6.45, 7) is -0.202. The number of nitrogens with one attached hydrogen (secondary N) is 2. The Labute approximate surface area is 131 Å². The van der Waals surface area contributed by atoms with Crippen molar-refractivity contribution in [3.8, 4) is 0 Å². The summed E-state index contributed by atoms with van der Waals surface area (Å²) < 4.78 is 0. The Morgan fingerprint density at radius 3 is 2.77 bits per heavy atom. The number of carbonyl (C=O) groups is 1. The standard InChI is InChI=1S/C16H14ClN3O2/c17-12-6-4-10(5-7-12)14(9-21)19-16(22)13-3-1-2-11-8-18-20-15(11)13/h1-8,14,21H,9H2,(H,18,20)(H,19,22)/t14-/m0/s1. The number of nitrogens with zero attached hydrogens (tertiary/aromatic N) is 1. The summed E-state index contributed by atoms with van der Waals surface area (Å²) in [5.74, 6) is -0.274. The molecular formula is C16H14ClN3O2. The highest BCUT2D eigenvalue weighted by molar-refractivity contribution is 6.30. The lowest BCUT2D eigenvalue weighted by atomic mass is 10.1. The summed E-state index contributed by atoms with van der Waals surface area (Å²) in [5.41, 5.74) is 1.95. The lowest BCUT2D eigenvalue weighted by molar-refractivity contribution is 0.0917. The molecule has 2 aromatic carbocycles. The minimum atomic E-state index is -0.497. The molecule has 22 heavy (non-hydrogen) atoms. The zero-order valence-corrected chi connectivity index (χ0v) is 12.3.